The summed E-state index contributed by atoms with van der Waals surface area (Å²) in [5, 5.41) is 7.29. The largest absolute Gasteiger partial charge is 0.497 e. The van der Waals surface area contributed by atoms with Gasteiger partial charge in [-0.25, -0.2) is 0 Å². The van der Waals surface area contributed by atoms with Gasteiger partial charge in [0.15, 0.2) is 0 Å². The molecule has 0 bridgehead atoms. The molecule has 25 heavy (non-hydrogen) atoms. The van der Waals surface area contributed by atoms with Gasteiger partial charge in [-0.1, -0.05) is 28.4 Å². The SMILES string of the molecule is COc1ccc(-c2noc(CNC(=O)c3ccc(Cl)c(Cl)c3)n2)cc1. The Balaban J connectivity index is 1.64. The van der Waals surface area contributed by atoms with Crippen LogP contribution in [0.25, 0.3) is 11.4 Å². The lowest BCUT2D eigenvalue weighted by Gasteiger charge is -2.03. The zero-order chi connectivity index (χ0) is 17.8. The quantitative estimate of drug-likeness (QED) is 0.727. The summed E-state index contributed by atoms with van der Waals surface area (Å²) in [6, 6.07) is 11.9. The first-order chi connectivity index (χ1) is 12.1. The van der Waals surface area contributed by atoms with Crippen LogP contribution in [-0.2, 0) is 6.54 Å². The van der Waals surface area contributed by atoms with Crippen molar-refractivity contribution in [2.24, 2.45) is 0 Å². The van der Waals surface area contributed by atoms with Crippen molar-refractivity contribution in [2.45, 2.75) is 6.54 Å². The van der Waals surface area contributed by atoms with Crippen molar-refractivity contribution in [1.29, 1.82) is 0 Å². The van der Waals surface area contributed by atoms with Crippen LogP contribution < -0.4 is 10.1 Å². The van der Waals surface area contributed by atoms with E-state index in [0.29, 0.717) is 27.3 Å². The van der Waals surface area contributed by atoms with Gasteiger partial charge in [-0.05, 0) is 42.5 Å². The lowest BCUT2D eigenvalue weighted by Crippen LogP contribution is -2.22. The maximum absolute atomic E-state index is 12.1. The molecule has 1 amide bonds. The minimum atomic E-state index is -0.317. The van der Waals surface area contributed by atoms with Gasteiger partial charge < -0.3 is 14.6 Å². The van der Waals surface area contributed by atoms with Crippen molar-refractivity contribution in [3.05, 3.63) is 64.0 Å². The number of ether oxygens (including phenoxy) is 1. The van der Waals surface area contributed by atoms with Gasteiger partial charge in [-0.3, -0.25) is 4.79 Å². The topological polar surface area (TPSA) is 77.3 Å². The van der Waals surface area contributed by atoms with Gasteiger partial charge in [0.05, 0.1) is 23.7 Å². The molecule has 1 heterocycles. The molecule has 0 saturated heterocycles. The summed E-state index contributed by atoms with van der Waals surface area (Å²) in [5.41, 5.74) is 1.18. The zero-order valence-electron chi connectivity index (χ0n) is 13.1. The third-order valence-electron chi connectivity index (χ3n) is 3.40. The molecule has 2 aromatic carbocycles. The van der Waals surface area contributed by atoms with Crippen LogP contribution in [0.5, 0.6) is 5.75 Å². The Bertz CT molecular complexity index is 894. The first-order valence-corrected chi connectivity index (χ1v) is 8.02. The molecular weight excluding hydrogens is 365 g/mol. The second-order valence-corrected chi connectivity index (χ2v) is 5.87. The molecule has 0 radical (unpaired) electrons. The first-order valence-electron chi connectivity index (χ1n) is 7.27. The van der Waals surface area contributed by atoms with Crippen LogP contribution in [0, 0.1) is 0 Å². The standard InChI is InChI=1S/C17H13Cl2N3O3/c1-24-12-5-2-10(3-6-12)16-21-15(25-22-16)9-20-17(23)11-4-7-13(18)14(19)8-11/h2-8H,9H2,1H3,(H,20,23). The fourth-order valence-corrected chi connectivity index (χ4v) is 2.38. The van der Waals surface area contributed by atoms with Crippen LogP contribution in [0.4, 0.5) is 0 Å². The highest BCUT2D eigenvalue weighted by atomic mass is 35.5. The Kier molecular flexibility index (Phi) is 5.21. The third kappa shape index (κ3) is 4.10. The van der Waals surface area contributed by atoms with Crippen molar-refractivity contribution in [2.75, 3.05) is 7.11 Å². The number of aromatic nitrogens is 2. The lowest BCUT2D eigenvalue weighted by molar-refractivity contribution is 0.0946. The molecule has 0 fully saturated rings. The molecule has 6 nitrogen and oxygen atoms in total. The Hall–Kier alpha value is -2.57. The summed E-state index contributed by atoms with van der Waals surface area (Å²) in [6.07, 6.45) is 0. The molecule has 128 valence electrons. The molecule has 0 atom stereocenters. The van der Waals surface area contributed by atoms with E-state index in [-0.39, 0.29) is 12.5 Å². The molecule has 3 rings (SSSR count). The fraction of sp³-hybridized carbons (Fsp3) is 0.118. The number of hydrogen-bond acceptors (Lipinski definition) is 5. The van der Waals surface area contributed by atoms with Crippen molar-refractivity contribution in [3.8, 4) is 17.1 Å². The van der Waals surface area contributed by atoms with E-state index in [1.54, 1.807) is 31.4 Å². The highest BCUT2D eigenvalue weighted by Gasteiger charge is 2.12. The number of amides is 1. The van der Waals surface area contributed by atoms with Crippen LogP contribution in [-0.4, -0.2) is 23.2 Å². The van der Waals surface area contributed by atoms with Crippen molar-refractivity contribution < 1.29 is 14.1 Å². The number of rotatable bonds is 5. The van der Waals surface area contributed by atoms with Crippen molar-refractivity contribution >= 4 is 29.1 Å². The van der Waals surface area contributed by atoms with E-state index in [4.69, 9.17) is 32.5 Å². The number of halogens is 2. The minimum absolute atomic E-state index is 0.0994. The lowest BCUT2D eigenvalue weighted by atomic mass is 10.2. The van der Waals surface area contributed by atoms with E-state index < -0.39 is 0 Å². The summed E-state index contributed by atoms with van der Waals surface area (Å²) in [7, 11) is 1.60. The summed E-state index contributed by atoms with van der Waals surface area (Å²) < 4.78 is 10.3. The van der Waals surface area contributed by atoms with Crippen molar-refractivity contribution in [3.63, 3.8) is 0 Å². The Morgan fingerprint density at radius 3 is 2.60 bits per heavy atom. The van der Waals surface area contributed by atoms with Crippen LogP contribution >= 0.6 is 23.2 Å². The number of benzene rings is 2. The normalized spacial score (nSPS) is 10.5. The Morgan fingerprint density at radius 1 is 1.16 bits per heavy atom. The molecule has 0 saturated carbocycles. The predicted octanol–water partition coefficient (Wildman–Crippen LogP) is 3.98. The number of carbonyl (C=O) groups excluding carboxylic acids is 1. The molecule has 8 heteroatoms. The van der Waals surface area contributed by atoms with Crippen LogP contribution in [0.2, 0.25) is 10.0 Å². The maximum atomic E-state index is 12.1. The molecule has 1 aromatic heterocycles. The van der Waals surface area contributed by atoms with E-state index >= 15 is 0 Å². The summed E-state index contributed by atoms with van der Waals surface area (Å²) in [4.78, 5) is 16.4. The second kappa shape index (κ2) is 7.55. The Labute approximate surface area is 153 Å². The van der Waals surface area contributed by atoms with Gasteiger partial charge >= 0.3 is 0 Å². The molecule has 3 aromatic rings. The van der Waals surface area contributed by atoms with Crippen LogP contribution in [0.3, 0.4) is 0 Å². The van der Waals surface area contributed by atoms with E-state index in [0.717, 1.165) is 11.3 Å². The van der Waals surface area contributed by atoms with Gasteiger partial charge in [0.2, 0.25) is 11.7 Å². The molecular formula is C17H13Cl2N3O3. The zero-order valence-corrected chi connectivity index (χ0v) is 14.6. The number of methoxy groups -OCH3 is 1. The van der Waals surface area contributed by atoms with Gasteiger partial charge in [0.25, 0.3) is 5.91 Å². The summed E-state index contributed by atoms with van der Waals surface area (Å²) in [5.74, 6) is 1.14. The maximum Gasteiger partial charge on any atom is 0.251 e. The molecule has 0 aliphatic carbocycles. The molecule has 0 aliphatic heterocycles. The van der Waals surface area contributed by atoms with Gasteiger partial charge in [0.1, 0.15) is 5.75 Å². The Morgan fingerprint density at radius 2 is 1.92 bits per heavy atom. The van der Waals surface area contributed by atoms with Crippen molar-refractivity contribution in [1.82, 2.24) is 15.5 Å². The monoisotopic (exact) mass is 377 g/mol. The number of nitrogens with one attached hydrogen (secondary N) is 1. The van der Waals surface area contributed by atoms with Gasteiger partial charge in [-0.15, -0.1) is 0 Å². The third-order valence-corrected chi connectivity index (χ3v) is 4.14. The summed E-state index contributed by atoms with van der Waals surface area (Å²) in [6.45, 7) is 0.0994. The highest BCUT2D eigenvalue weighted by molar-refractivity contribution is 6.42. The first kappa shape index (κ1) is 17.3. The fourth-order valence-electron chi connectivity index (χ4n) is 2.08. The number of hydrogen-bond donors (Lipinski definition) is 1. The predicted molar refractivity (Wildman–Crippen MR) is 93.9 cm³/mol. The molecule has 0 unspecified atom stereocenters. The van der Waals surface area contributed by atoms with E-state index in [1.807, 2.05) is 12.1 Å². The minimum Gasteiger partial charge on any atom is -0.497 e. The van der Waals surface area contributed by atoms with Crippen LogP contribution in [0.1, 0.15) is 16.2 Å². The smallest absolute Gasteiger partial charge is 0.251 e. The number of nitrogens with zero attached hydrogens (tertiary/aromatic N) is 2. The van der Waals surface area contributed by atoms with E-state index in [1.165, 1.54) is 6.07 Å². The average Bonchev–Trinajstić information content (AvgIpc) is 3.11. The van der Waals surface area contributed by atoms with Crippen LogP contribution in [0.15, 0.2) is 47.0 Å². The number of carbonyl (C=O) groups is 1. The van der Waals surface area contributed by atoms with Gasteiger partial charge in [-0.2, -0.15) is 4.98 Å². The highest BCUT2D eigenvalue weighted by Crippen LogP contribution is 2.23. The summed E-state index contributed by atoms with van der Waals surface area (Å²) >= 11 is 11.7. The molecule has 0 spiro atoms. The van der Waals surface area contributed by atoms with E-state index in [9.17, 15) is 4.79 Å². The molecule has 1 N–H and O–H groups in total. The van der Waals surface area contributed by atoms with Gasteiger partial charge in [0, 0.05) is 11.1 Å². The average molecular weight is 378 g/mol. The molecule has 0 aliphatic rings. The van der Waals surface area contributed by atoms with E-state index in [2.05, 4.69) is 15.5 Å². The second-order valence-electron chi connectivity index (χ2n) is 5.05.